The maximum atomic E-state index is 12.3. The van der Waals surface area contributed by atoms with Gasteiger partial charge < -0.3 is 11.1 Å². The number of hydrogen-bond donors (Lipinski definition) is 2. The first-order valence-electron chi connectivity index (χ1n) is 7.97. The molecule has 3 rings (SSSR count). The predicted molar refractivity (Wildman–Crippen MR) is 102 cm³/mol. The maximum absolute atomic E-state index is 12.3. The summed E-state index contributed by atoms with van der Waals surface area (Å²) in [5.41, 5.74) is 6.08. The molecule has 0 aliphatic carbocycles. The van der Waals surface area contributed by atoms with Gasteiger partial charge in [-0.05, 0) is 28.5 Å². The van der Waals surface area contributed by atoms with E-state index in [9.17, 15) is 4.79 Å². The third-order valence-corrected chi connectivity index (χ3v) is 4.99. The Kier molecular flexibility index (Phi) is 5.51. The topological polar surface area (TPSA) is 56.7 Å². The van der Waals surface area contributed by atoms with E-state index in [0.717, 1.165) is 16.8 Å². The molecular weight excluding hydrogens is 316 g/mol. The molecule has 0 aliphatic rings. The normalized spacial score (nSPS) is 12.0. The number of thioether (sulfide) groups is 1. The van der Waals surface area contributed by atoms with Crippen molar-refractivity contribution in [2.75, 3.05) is 11.1 Å². The van der Waals surface area contributed by atoms with E-state index in [4.69, 9.17) is 0 Å². The molecule has 0 aromatic heterocycles. The summed E-state index contributed by atoms with van der Waals surface area (Å²) in [6.45, 7) is 0. The molecule has 0 heterocycles. The van der Waals surface area contributed by atoms with Crippen LogP contribution in [0.25, 0.3) is 10.8 Å². The first-order valence-corrected chi connectivity index (χ1v) is 9.12. The van der Waals surface area contributed by atoms with Crippen LogP contribution >= 0.6 is 11.8 Å². The molecule has 0 fully saturated rings. The van der Waals surface area contributed by atoms with Gasteiger partial charge in [-0.2, -0.15) is 11.8 Å². The average molecular weight is 337 g/mol. The Bertz CT molecular complexity index is 820. The van der Waals surface area contributed by atoms with E-state index in [1.54, 1.807) is 11.8 Å². The third kappa shape index (κ3) is 4.37. The number of carbonyl (C=O) groups is 1. The standard InChI is InChI=1S/C20H20N2OS/c21-19(14-24-13-15-6-2-1-3-7-15)20(23)22-18-11-10-16-8-4-5-9-17(16)12-18/h1-12,19H,13-14,21H2,(H,22,23)/p+1/t19-/m0/s1. The van der Waals surface area contributed by atoms with E-state index in [1.165, 1.54) is 10.9 Å². The highest BCUT2D eigenvalue weighted by Crippen LogP contribution is 2.19. The Morgan fingerprint density at radius 2 is 1.67 bits per heavy atom. The fraction of sp³-hybridized carbons (Fsp3) is 0.150. The highest BCUT2D eigenvalue weighted by molar-refractivity contribution is 7.98. The van der Waals surface area contributed by atoms with Crippen LogP contribution in [0.15, 0.2) is 72.8 Å². The van der Waals surface area contributed by atoms with Crippen molar-refractivity contribution in [2.24, 2.45) is 0 Å². The van der Waals surface area contributed by atoms with Crippen LogP contribution < -0.4 is 11.1 Å². The van der Waals surface area contributed by atoms with Crippen LogP contribution in [0.3, 0.4) is 0 Å². The summed E-state index contributed by atoms with van der Waals surface area (Å²) < 4.78 is 0. The summed E-state index contributed by atoms with van der Waals surface area (Å²) in [5, 5.41) is 5.25. The van der Waals surface area contributed by atoms with E-state index < -0.39 is 0 Å². The Morgan fingerprint density at radius 3 is 2.46 bits per heavy atom. The number of amides is 1. The molecule has 0 radical (unpaired) electrons. The molecule has 4 heteroatoms. The minimum atomic E-state index is -0.273. The minimum absolute atomic E-state index is 0.0363. The average Bonchev–Trinajstić information content (AvgIpc) is 2.62. The highest BCUT2D eigenvalue weighted by Gasteiger charge is 2.17. The molecule has 1 atom stereocenters. The lowest BCUT2D eigenvalue weighted by Crippen LogP contribution is -2.67. The number of rotatable bonds is 6. The summed E-state index contributed by atoms with van der Waals surface area (Å²) >= 11 is 1.73. The first-order chi connectivity index (χ1) is 11.7. The molecule has 3 aromatic carbocycles. The van der Waals surface area contributed by atoms with Gasteiger partial charge in [0, 0.05) is 11.4 Å². The number of hydrogen-bond acceptors (Lipinski definition) is 2. The smallest absolute Gasteiger partial charge is 0.283 e. The van der Waals surface area contributed by atoms with Gasteiger partial charge in [0.05, 0.1) is 5.75 Å². The zero-order valence-electron chi connectivity index (χ0n) is 13.4. The van der Waals surface area contributed by atoms with Gasteiger partial charge in [0.1, 0.15) is 0 Å². The van der Waals surface area contributed by atoms with Crippen molar-refractivity contribution in [3.63, 3.8) is 0 Å². The molecule has 1 amide bonds. The Morgan fingerprint density at radius 1 is 0.958 bits per heavy atom. The number of carbonyl (C=O) groups excluding carboxylic acids is 1. The van der Waals surface area contributed by atoms with Crippen molar-refractivity contribution in [1.29, 1.82) is 0 Å². The van der Waals surface area contributed by atoms with Crippen LogP contribution in [0.2, 0.25) is 0 Å². The van der Waals surface area contributed by atoms with Crippen LogP contribution in [-0.4, -0.2) is 17.7 Å². The van der Waals surface area contributed by atoms with Crippen molar-refractivity contribution in [2.45, 2.75) is 11.8 Å². The van der Waals surface area contributed by atoms with Gasteiger partial charge in [-0.15, -0.1) is 0 Å². The molecule has 24 heavy (non-hydrogen) atoms. The molecular formula is C20H21N2OS+. The molecule has 0 spiro atoms. The van der Waals surface area contributed by atoms with Crippen LogP contribution in [0, 0.1) is 0 Å². The van der Waals surface area contributed by atoms with Crippen LogP contribution in [0.1, 0.15) is 5.56 Å². The lowest BCUT2D eigenvalue weighted by atomic mass is 10.1. The highest BCUT2D eigenvalue weighted by atomic mass is 32.2. The molecule has 0 bridgehead atoms. The molecule has 0 saturated carbocycles. The summed E-state index contributed by atoms with van der Waals surface area (Å²) in [6.07, 6.45) is 0. The molecule has 3 nitrogen and oxygen atoms in total. The van der Waals surface area contributed by atoms with Crippen LogP contribution in [0.4, 0.5) is 5.69 Å². The zero-order chi connectivity index (χ0) is 16.8. The molecule has 0 unspecified atom stereocenters. The Hall–Kier alpha value is -2.30. The number of benzene rings is 3. The van der Waals surface area contributed by atoms with Crippen LogP contribution in [0.5, 0.6) is 0 Å². The number of fused-ring (bicyclic) bond motifs is 1. The zero-order valence-corrected chi connectivity index (χ0v) is 14.3. The van der Waals surface area contributed by atoms with Crippen molar-refractivity contribution in [1.82, 2.24) is 0 Å². The summed E-state index contributed by atoms with van der Waals surface area (Å²) in [5.74, 6) is 1.57. The quantitative estimate of drug-likeness (QED) is 0.725. The SMILES string of the molecule is [NH3+][C@@H](CSCc1ccccc1)C(=O)Nc1ccc2ccccc2c1. The van der Waals surface area contributed by atoms with Crippen molar-refractivity contribution in [3.05, 3.63) is 78.4 Å². The lowest BCUT2D eigenvalue weighted by molar-refractivity contribution is -0.395. The molecule has 3 aromatic rings. The van der Waals surface area contributed by atoms with E-state index >= 15 is 0 Å². The minimum Gasteiger partial charge on any atom is -0.347 e. The van der Waals surface area contributed by atoms with Gasteiger partial charge in [-0.3, -0.25) is 4.79 Å². The largest absolute Gasteiger partial charge is 0.347 e. The van der Waals surface area contributed by atoms with E-state index in [-0.39, 0.29) is 11.9 Å². The van der Waals surface area contributed by atoms with Crippen molar-refractivity contribution < 1.29 is 10.5 Å². The second kappa shape index (κ2) is 7.99. The summed E-state index contributed by atoms with van der Waals surface area (Å²) in [7, 11) is 0. The number of quaternary nitrogens is 1. The first kappa shape index (κ1) is 16.6. The second-order valence-corrected chi connectivity index (χ2v) is 6.78. The van der Waals surface area contributed by atoms with E-state index in [0.29, 0.717) is 5.75 Å². The van der Waals surface area contributed by atoms with Crippen molar-refractivity contribution >= 4 is 34.1 Å². The predicted octanol–water partition coefficient (Wildman–Crippen LogP) is 3.32. The van der Waals surface area contributed by atoms with E-state index in [1.807, 2.05) is 54.6 Å². The summed E-state index contributed by atoms with van der Waals surface area (Å²) in [4.78, 5) is 12.3. The number of nitrogens with one attached hydrogen (secondary N) is 1. The fourth-order valence-corrected chi connectivity index (χ4v) is 3.46. The molecule has 0 saturated heterocycles. The Balaban J connectivity index is 1.53. The van der Waals surface area contributed by atoms with E-state index in [2.05, 4.69) is 29.2 Å². The van der Waals surface area contributed by atoms with Gasteiger partial charge in [-0.25, -0.2) is 0 Å². The molecule has 4 N–H and O–H groups in total. The van der Waals surface area contributed by atoms with Gasteiger partial charge in [-0.1, -0.05) is 60.7 Å². The van der Waals surface area contributed by atoms with Crippen LogP contribution in [-0.2, 0) is 10.5 Å². The maximum Gasteiger partial charge on any atom is 0.283 e. The molecule has 0 aliphatic heterocycles. The van der Waals surface area contributed by atoms with Gasteiger partial charge >= 0.3 is 0 Å². The van der Waals surface area contributed by atoms with Gasteiger partial charge in [0.25, 0.3) is 5.91 Å². The van der Waals surface area contributed by atoms with Gasteiger partial charge in [0.2, 0.25) is 0 Å². The number of anilines is 1. The Labute approximate surface area is 146 Å². The van der Waals surface area contributed by atoms with Gasteiger partial charge in [0.15, 0.2) is 6.04 Å². The molecule has 122 valence electrons. The monoisotopic (exact) mass is 337 g/mol. The fourth-order valence-electron chi connectivity index (χ4n) is 2.48. The second-order valence-electron chi connectivity index (χ2n) is 5.75. The lowest BCUT2D eigenvalue weighted by Gasteiger charge is -2.10. The third-order valence-electron chi connectivity index (χ3n) is 3.82. The summed E-state index contributed by atoms with van der Waals surface area (Å²) in [6, 6.07) is 24.1. The van der Waals surface area contributed by atoms with Crippen molar-refractivity contribution in [3.8, 4) is 0 Å².